The summed E-state index contributed by atoms with van der Waals surface area (Å²) < 4.78 is 1.09. The second-order valence-corrected chi connectivity index (χ2v) is 3.75. The van der Waals surface area contributed by atoms with Gasteiger partial charge in [0.05, 0.1) is 5.69 Å². The zero-order valence-electron chi connectivity index (χ0n) is 6.92. The standard InChI is InChI=1S/C10H7BrN2/c11-9-2-1-3-10-8(9)5-4-7(6-12)13-10/h2,4-5H,1,3H2. The van der Waals surface area contributed by atoms with Crippen molar-refractivity contribution in [2.45, 2.75) is 12.8 Å². The number of allylic oxidation sites excluding steroid dienone is 1. The number of aryl methyl sites for hydroxylation is 1. The van der Waals surface area contributed by atoms with Gasteiger partial charge in [-0.1, -0.05) is 22.0 Å². The third-order valence-corrected chi connectivity index (χ3v) is 2.80. The van der Waals surface area contributed by atoms with Crippen LogP contribution < -0.4 is 0 Å². The molecule has 1 aromatic rings. The van der Waals surface area contributed by atoms with Crippen LogP contribution in [0.2, 0.25) is 0 Å². The van der Waals surface area contributed by atoms with Crippen molar-refractivity contribution in [3.05, 3.63) is 35.2 Å². The minimum absolute atomic E-state index is 0.501. The van der Waals surface area contributed by atoms with Crippen LogP contribution in [0, 0.1) is 11.3 Å². The van der Waals surface area contributed by atoms with Crippen LogP contribution in [0.25, 0.3) is 4.48 Å². The molecule has 0 fully saturated rings. The summed E-state index contributed by atoms with van der Waals surface area (Å²) in [6, 6.07) is 5.74. The van der Waals surface area contributed by atoms with Gasteiger partial charge in [-0.3, -0.25) is 0 Å². The molecule has 0 unspecified atom stereocenters. The molecule has 1 heterocycles. The Labute approximate surface area is 85.0 Å². The van der Waals surface area contributed by atoms with Crippen molar-refractivity contribution in [1.82, 2.24) is 4.98 Å². The Bertz CT molecular complexity index is 415. The van der Waals surface area contributed by atoms with Crippen molar-refractivity contribution < 1.29 is 0 Å². The Morgan fingerprint density at radius 1 is 1.46 bits per heavy atom. The Balaban J connectivity index is 2.55. The van der Waals surface area contributed by atoms with Crippen LogP contribution in [0.1, 0.15) is 23.4 Å². The summed E-state index contributed by atoms with van der Waals surface area (Å²) in [4.78, 5) is 4.25. The number of hydrogen-bond acceptors (Lipinski definition) is 2. The van der Waals surface area contributed by atoms with Crippen molar-refractivity contribution in [2.24, 2.45) is 0 Å². The predicted molar refractivity (Wildman–Crippen MR) is 54.2 cm³/mol. The van der Waals surface area contributed by atoms with E-state index < -0.39 is 0 Å². The normalized spacial score (nSPS) is 14.3. The summed E-state index contributed by atoms with van der Waals surface area (Å²) in [5.41, 5.74) is 2.64. The highest BCUT2D eigenvalue weighted by Gasteiger charge is 2.11. The number of aromatic nitrogens is 1. The van der Waals surface area contributed by atoms with Gasteiger partial charge in [0.2, 0.25) is 0 Å². The highest BCUT2D eigenvalue weighted by atomic mass is 79.9. The number of nitriles is 1. The maximum absolute atomic E-state index is 8.67. The van der Waals surface area contributed by atoms with E-state index >= 15 is 0 Å². The van der Waals surface area contributed by atoms with Crippen LogP contribution >= 0.6 is 15.9 Å². The molecule has 2 nitrogen and oxygen atoms in total. The molecule has 0 bridgehead atoms. The van der Waals surface area contributed by atoms with Gasteiger partial charge in [0.15, 0.2) is 0 Å². The minimum Gasteiger partial charge on any atom is -0.241 e. The summed E-state index contributed by atoms with van der Waals surface area (Å²) in [5, 5.41) is 8.67. The van der Waals surface area contributed by atoms with Gasteiger partial charge in [-0.25, -0.2) is 4.98 Å². The monoisotopic (exact) mass is 234 g/mol. The predicted octanol–water partition coefficient (Wildman–Crippen LogP) is 2.64. The summed E-state index contributed by atoms with van der Waals surface area (Å²) in [5.74, 6) is 0. The molecule has 64 valence electrons. The molecule has 3 heteroatoms. The second-order valence-electron chi connectivity index (χ2n) is 2.89. The lowest BCUT2D eigenvalue weighted by Crippen LogP contribution is -2.01. The average molecular weight is 235 g/mol. The first-order chi connectivity index (χ1) is 6.31. The van der Waals surface area contributed by atoms with Crippen molar-refractivity contribution in [1.29, 1.82) is 5.26 Å². The maximum Gasteiger partial charge on any atom is 0.140 e. The van der Waals surface area contributed by atoms with Gasteiger partial charge in [-0.15, -0.1) is 0 Å². The molecule has 13 heavy (non-hydrogen) atoms. The first kappa shape index (κ1) is 8.46. The van der Waals surface area contributed by atoms with E-state index in [-0.39, 0.29) is 0 Å². The number of halogens is 1. The molecule has 0 aliphatic heterocycles. The van der Waals surface area contributed by atoms with Gasteiger partial charge < -0.3 is 0 Å². The van der Waals surface area contributed by atoms with E-state index in [0.717, 1.165) is 28.6 Å². The van der Waals surface area contributed by atoms with Gasteiger partial charge in [0.1, 0.15) is 11.8 Å². The Hall–Kier alpha value is -1.14. The van der Waals surface area contributed by atoms with E-state index in [0.29, 0.717) is 5.69 Å². The molecule has 0 radical (unpaired) electrons. The second kappa shape index (κ2) is 3.31. The molecule has 0 spiro atoms. The zero-order valence-corrected chi connectivity index (χ0v) is 8.50. The third-order valence-electron chi connectivity index (χ3n) is 2.05. The van der Waals surface area contributed by atoms with E-state index in [2.05, 4.69) is 27.0 Å². The van der Waals surface area contributed by atoms with Gasteiger partial charge in [0, 0.05) is 10.0 Å². The van der Waals surface area contributed by atoms with Crippen LogP contribution in [-0.2, 0) is 6.42 Å². The lowest BCUT2D eigenvalue weighted by molar-refractivity contribution is 0.920. The zero-order chi connectivity index (χ0) is 9.26. The van der Waals surface area contributed by atoms with Crippen molar-refractivity contribution in [2.75, 3.05) is 0 Å². The van der Waals surface area contributed by atoms with E-state index in [1.165, 1.54) is 0 Å². The number of pyridine rings is 1. The first-order valence-electron chi connectivity index (χ1n) is 4.07. The van der Waals surface area contributed by atoms with Gasteiger partial charge >= 0.3 is 0 Å². The average Bonchev–Trinajstić information content (AvgIpc) is 2.18. The molecule has 0 aromatic carbocycles. The molecule has 0 atom stereocenters. The van der Waals surface area contributed by atoms with Crippen molar-refractivity contribution in [3.63, 3.8) is 0 Å². The molecule has 2 rings (SSSR count). The number of hydrogen-bond donors (Lipinski definition) is 0. The summed E-state index contributed by atoms with van der Waals surface area (Å²) in [7, 11) is 0. The van der Waals surface area contributed by atoms with Crippen LogP contribution in [0.5, 0.6) is 0 Å². The van der Waals surface area contributed by atoms with E-state index in [1.807, 2.05) is 12.1 Å². The fourth-order valence-electron chi connectivity index (χ4n) is 1.42. The number of nitrogens with zero attached hydrogens (tertiary/aromatic N) is 2. The molecular weight excluding hydrogens is 228 g/mol. The largest absolute Gasteiger partial charge is 0.241 e. The molecule has 1 aliphatic carbocycles. The lowest BCUT2D eigenvalue weighted by Gasteiger charge is -2.12. The first-order valence-corrected chi connectivity index (χ1v) is 4.86. The maximum atomic E-state index is 8.67. The molecule has 0 N–H and O–H groups in total. The van der Waals surface area contributed by atoms with E-state index in [1.54, 1.807) is 6.07 Å². The molecule has 0 amide bonds. The molecular formula is C10H7BrN2. The molecule has 0 saturated heterocycles. The fourth-order valence-corrected chi connectivity index (χ4v) is 2.01. The van der Waals surface area contributed by atoms with E-state index in [4.69, 9.17) is 5.26 Å². The Morgan fingerprint density at radius 2 is 2.31 bits per heavy atom. The van der Waals surface area contributed by atoms with Crippen LogP contribution in [-0.4, -0.2) is 4.98 Å². The smallest absolute Gasteiger partial charge is 0.140 e. The van der Waals surface area contributed by atoms with Crippen LogP contribution in [0.15, 0.2) is 18.2 Å². The fraction of sp³-hybridized carbons (Fsp3) is 0.200. The topological polar surface area (TPSA) is 36.7 Å². The SMILES string of the molecule is N#Cc1ccc2c(n1)CCC=C2Br. The molecule has 1 aliphatic rings. The molecule has 1 aromatic heterocycles. The Morgan fingerprint density at radius 3 is 3.08 bits per heavy atom. The summed E-state index contributed by atoms with van der Waals surface area (Å²) in [6.07, 6.45) is 4.06. The number of fused-ring (bicyclic) bond motifs is 1. The highest BCUT2D eigenvalue weighted by molar-refractivity contribution is 9.15. The molecule has 0 saturated carbocycles. The number of rotatable bonds is 0. The lowest BCUT2D eigenvalue weighted by atomic mass is 10.0. The van der Waals surface area contributed by atoms with Crippen LogP contribution in [0.4, 0.5) is 0 Å². The van der Waals surface area contributed by atoms with Gasteiger partial charge in [-0.2, -0.15) is 5.26 Å². The van der Waals surface area contributed by atoms with Gasteiger partial charge in [0.25, 0.3) is 0 Å². The quantitative estimate of drug-likeness (QED) is 0.693. The highest BCUT2D eigenvalue weighted by Crippen LogP contribution is 2.29. The van der Waals surface area contributed by atoms with E-state index in [9.17, 15) is 0 Å². The van der Waals surface area contributed by atoms with Gasteiger partial charge in [-0.05, 0) is 25.0 Å². The minimum atomic E-state index is 0.501. The van der Waals surface area contributed by atoms with Crippen molar-refractivity contribution in [3.8, 4) is 6.07 Å². The summed E-state index contributed by atoms with van der Waals surface area (Å²) >= 11 is 3.47. The van der Waals surface area contributed by atoms with Crippen LogP contribution in [0.3, 0.4) is 0 Å². The summed E-state index contributed by atoms with van der Waals surface area (Å²) in [6.45, 7) is 0. The van der Waals surface area contributed by atoms with Crippen molar-refractivity contribution >= 4 is 20.4 Å². The Kier molecular flexibility index (Phi) is 2.15. The third kappa shape index (κ3) is 1.50.